The first-order chi connectivity index (χ1) is 9.38. The van der Waals surface area contributed by atoms with Gasteiger partial charge in [0.25, 0.3) is 0 Å². The van der Waals surface area contributed by atoms with Gasteiger partial charge in [-0.25, -0.2) is 0 Å². The molecule has 4 atom stereocenters. The fourth-order valence-corrected chi connectivity index (χ4v) is 3.48. The van der Waals surface area contributed by atoms with Crippen LogP contribution in [-0.2, 0) is 9.59 Å². The van der Waals surface area contributed by atoms with Gasteiger partial charge in [-0.05, 0) is 31.6 Å². The number of fused-ring (bicyclic) bond motifs is 2. The highest BCUT2D eigenvalue weighted by Crippen LogP contribution is 2.36. The second kappa shape index (κ2) is 6.10. The SMILES string of the molecule is C[C@H](CC(=O)N1C2CCC1CC(O)C2)[C@@H](O)CC(N)=O. The number of hydrogen-bond acceptors (Lipinski definition) is 4. The monoisotopic (exact) mass is 284 g/mol. The molecular formula is C14H24N2O4. The topological polar surface area (TPSA) is 104 Å². The Morgan fingerprint density at radius 2 is 1.80 bits per heavy atom. The predicted molar refractivity (Wildman–Crippen MR) is 72.5 cm³/mol. The molecule has 0 spiro atoms. The molecule has 0 aliphatic carbocycles. The number of aliphatic hydroxyl groups excluding tert-OH is 2. The van der Waals surface area contributed by atoms with E-state index in [1.54, 1.807) is 6.92 Å². The first-order valence-electron chi connectivity index (χ1n) is 7.34. The number of hydrogen-bond donors (Lipinski definition) is 3. The van der Waals surface area contributed by atoms with Crippen LogP contribution >= 0.6 is 0 Å². The van der Waals surface area contributed by atoms with Crippen molar-refractivity contribution in [2.75, 3.05) is 0 Å². The molecule has 6 nitrogen and oxygen atoms in total. The number of carbonyl (C=O) groups is 2. The van der Waals surface area contributed by atoms with Crippen molar-refractivity contribution < 1.29 is 19.8 Å². The Morgan fingerprint density at radius 1 is 1.25 bits per heavy atom. The summed E-state index contributed by atoms with van der Waals surface area (Å²) in [4.78, 5) is 25.1. The lowest BCUT2D eigenvalue weighted by molar-refractivity contribution is -0.139. The summed E-state index contributed by atoms with van der Waals surface area (Å²) in [5.74, 6) is -0.834. The number of nitrogens with two attached hydrogens (primary N) is 1. The van der Waals surface area contributed by atoms with Gasteiger partial charge in [0.2, 0.25) is 11.8 Å². The average molecular weight is 284 g/mol. The summed E-state index contributed by atoms with van der Waals surface area (Å²) in [7, 11) is 0. The summed E-state index contributed by atoms with van der Waals surface area (Å²) >= 11 is 0. The quantitative estimate of drug-likeness (QED) is 0.648. The minimum atomic E-state index is -0.871. The van der Waals surface area contributed by atoms with Crippen molar-refractivity contribution in [3.63, 3.8) is 0 Å². The van der Waals surface area contributed by atoms with Gasteiger partial charge in [0.15, 0.2) is 0 Å². The van der Waals surface area contributed by atoms with Crippen molar-refractivity contribution in [2.24, 2.45) is 11.7 Å². The first kappa shape index (κ1) is 15.3. The first-order valence-corrected chi connectivity index (χ1v) is 7.34. The van der Waals surface area contributed by atoms with Crippen LogP contribution in [0.3, 0.4) is 0 Å². The lowest BCUT2D eigenvalue weighted by Crippen LogP contribution is -2.48. The molecule has 2 aliphatic rings. The zero-order valence-electron chi connectivity index (χ0n) is 11.9. The highest BCUT2D eigenvalue weighted by molar-refractivity contribution is 5.78. The second-order valence-electron chi connectivity index (χ2n) is 6.23. The number of carbonyl (C=O) groups excluding carboxylic acids is 2. The van der Waals surface area contributed by atoms with Gasteiger partial charge in [0.05, 0.1) is 18.6 Å². The molecule has 114 valence electrons. The van der Waals surface area contributed by atoms with Crippen molar-refractivity contribution in [3.8, 4) is 0 Å². The van der Waals surface area contributed by atoms with E-state index in [2.05, 4.69) is 0 Å². The van der Waals surface area contributed by atoms with Crippen LogP contribution in [0.4, 0.5) is 0 Å². The molecule has 2 aliphatic heterocycles. The maximum atomic E-state index is 12.4. The summed E-state index contributed by atoms with van der Waals surface area (Å²) in [6.45, 7) is 1.76. The molecule has 0 aromatic carbocycles. The van der Waals surface area contributed by atoms with Crippen LogP contribution in [0.15, 0.2) is 0 Å². The number of piperidine rings is 1. The van der Waals surface area contributed by atoms with Gasteiger partial charge in [0.1, 0.15) is 0 Å². The molecule has 0 saturated carbocycles. The van der Waals surface area contributed by atoms with E-state index in [1.165, 1.54) is 0 Å². The molecule has 2 fully saturated rings. The lowest BCUT2D eigenvalue weighted by atomic mass is 9.94. The van der Waals surface area contributed by atoms with Gasteiger partial charge in [-0.15, -0.1) is 0 Å². The van der Waals surface area contributed by atoms with E-state index >= 15 is 0 Å². The Kier molecular flexibility index (Phi) is 4.65. The average Bonchev–Trinajstić information content (AvgIpc) is 2.61. The smallest absolute Gasteiger partial charge is 0.223 e. The van der Waals surface area contributed by atoms with E-state index < -0.39 is 12.0 Å². The Labute approximate surface area is 118 Å². The minimum Gasteiger partial charge on any atom is -0.393 e. The Morgan fingerprint density at radius 3 is 2.30 bits per heavy atom. The van der Waals surface area contributed by atoms with Crippen LogP contribution in [0.1, 0.15) is 45.4 Å². The molecular weight excluding hydrogens is 260 g/mol. The van der Waals surface area contributed by atoms with Gasteiger partial charge < -0.3 is 20.8 Å². The number of aliphatic hydroxyl groups is 2. The van der Waals surface area contributed by atoms with Crippen LogP contribution in [0, 0.1) is 5.92 Å². The van der Waals surface area contributed by atoms with E-state index in [0.29, 0.717) is 12.8 Å². The zero-order valence-corrected chi connectivity index (χ0v) is 11.9. The molecule has 2 rings (SSSR count). The van der Waals surface area contributed by atoms with Crippen LogP contribution in [0.5, 0.6) is 0 Å². The number of rotatable bonds is 5. The van der Waals surface area contributed by atoms with E-state index in [4.69, 9.17) is 5.73 Å². The highest BCUT2D eigenvalue weighted by Gasteiger charge is 2.42. The Balaban J connectivity index is 1.90. The van der Waals surface area contributed by atoms with E-state index in [9.17, 15) is 19.8 Å². The molecule has 2 unspecified atom stereocenters. The van der Waals surface area contributed by atoms with Crippen molar-refractivity contribution in [1.82, 2.24) is 4.90 Å². The largest absolute Gasteiger partial charge is 0.393 e. The lowest BCUT2D eigenvalue weighted by Gasteiger charge is -2.38. The Bertz CT molecular complexity index is 373. The summed E-state index contributed by atoms with van der Waals surface area (Å²) in [6.07, 6.45) is 2.15. The number of primary amides is 1. The number of amides is 2. The standard InChI is InChI=1S/C14H24N2O4/c1-8(12(18)7-13(15)19)4-14(20)16-9-2-3-10(16)6-11(17)5-9/h8-12,17-18H,2-7H2,1H3,(H2,15,19)/t8-,9?,10?,11?,12+/m1/s1. The summed E-state index contributed by atoms with van der Waals surface area (Å²) in [5.41, 5.74) is 5.05. The van der Waals surface area contributed by atoms with Crippen molar-refractivity contribution in [1.29, 1.82) is 0 Å². The van der Waals surface area contributed by atoms with Gasteiger partial charge in [0, 0.05) is 18.5 Å². The van der Waals surface area contributed by atoms with E-state index in [-0.39, 0.29) is 42.9 Å². The van der Waals surface area contributed by atoms with Crippen LogP contribution in [0.25, 0.3) is 0 Å². The van der Waals surface area contributed by atoms with Crippen molar-refractivity contribution >= 4 is 11.8 Å². The molecule has 2 saturated heterocycles. The molecule has 6 heteroatoms. The third-order valence-electron chi connectivity index (χ3n) is 4.56. The van der Waals surface area contributed by atoms with Gasteiger partial charge in [-0.2, -0.15) is 0 Å². The van der Waals surface area contributed by atoms with Gasteiger partial charge in [-0.3, -0.25) is 9.59 Å². The van der Waals surface area contributed by atoms with Crippen molar-refractivity contribution in [3.05, 3.63) is 0 Å². The third-order valence-corrected chi connectivity index (χ3v) is 4.56. The molecule has 0 aromatic heterocycles. The van der Waals surface area contributed by atoms with Crippen LogP contribution in [-0.4, -0.2) is 51.2 Å². The fourth-order valence-electron chi connectivity index (χ4n) is 3.48. The summed E-state index contributed by atoms with van der Waals surface area (Å²) in [6, 6.07) is 0.272. The molecule has 0 radical (unpaired) electrons. The van der Waals surface area contributed by atoms with Crippen molar-refractivity contribution in [2.45, 2.75) is 69.7 Å². The predicted octanol–water partition coefficient (Wildman–Crippen LogP) is -0.237. The minimum absolute atomic E-state index is 0.0143. The molecule has 2 amide bonds. The maximum absolute atomic E-state index is 12.4. The molecule has 4 N–H and O–H groups in total. The third kappa shape index (κ3) is 3.30. The van der Waals surface area contributed by atoms with Gasteiger partial charge in [-0.1, -0.05) is 6.92 Å². The number of nitrogens with zero attached hydrogens (tertiary/aromatic N) is 1. The van der Waals surface area contributed by atoms with E-state index in [1.807, 2.05) is 4.90 Å². The van der Waals surface area contributed by atoms with Gasteiger partial charge >= 0.3 is 0 Å². The normalized spacial score (nSPS) is 31.9. The summed E-state index contributed by atoms with van der Waals surface area (Å²) < 4.78 is 0. The molecule has 2 bridgehead atoms. The second-order valence-corrected chi connectivity index (χ2v) is 6.23. The zero-order chi connectivity index (χ0) is 14.9. The fraction of sp³-hybridized carbons (Fsp3) is 0.857. The highest BCUT2D eigenvalue weighted by atomic mass is 16.3. The molecule has 0 aromatic rings. The molecule has 20 heavy (non-hydrogen) atoms. The summed E-state index contributed by atoms with van der Waals surface area (Å²) in [5, 5.41) is 19.5. The van der Waals surface area contributed by atoms with E-state index in [0.717, 1.165) is 12.8 Å². The molecule has 2 heterocycles. The Hall–Kier alpha value is -1.14. The van der Waals surface area contributed by atoms with Crippen LogP contribution in [0.2, 0.25) is 0 Å². The maximum Gasteiger partial charge on any atom is 0.223 e. The van der Waals surface area contributed by atoms with Crippen LogP contribution < -0.4 is 5.73 Å².